The molecular formula is C17H18BrNO5S. The molecule has 0 radical (unpaired) electrons. The third-order valence-electron chi connectivity index (χ3n) is 3.63. The summed E-state index contributed by atoms with van der Waals surface area (Å²) in [5.74, 6) is 1.67. The maximum absolute atomic E-state index is 11.4. The van der Waals surface area contributed by atoms with E-state index in [0.717, 1.165) is 30.2 Å². The van der Waals surface area contributed by atoms with Crippen LogP contribution in [0.2, 0.25) is 0 Å². The molecule has 0 amide bonds. The van der Waals surface area contributed by atoms with Gasteiger partial charge in [0.1, 0.15) is 23.9 Å². The van der Waals surface area contributed by atoms with Crippen LogP contribution >= 0.6 is 15.9 Å². The van der Waals surface area contributed by atoms with Gasteiger partial charge in [0.15, 0.2) is 14.9 Å². The van der Waals surface area contributed by atoms with Crippen LogP contribution in [0, 0.1) is 0 Å². The fourth-order valence-electron chi connectivity index (χ4n) is 2.43. The normalized spacial score (nSPS) is 17.4. The molecule has 0 aliphatic carbocycles. The molecule has 1 atom stereocenters. The minimum Gasteiger partial charge on any atom is -0.491 e. The SMILES string of the molecule is CS(=O)(=O)c1ccc(Oc2cc(Br)cc(OCC3CCCO3)c2)cn1. The average Bonchev–Trinajstić information content (AvgIpc) is 3.05. The molecule has 1 aromatic heterocycles. The Bertz CT molecular complexity index is 833. The van der Waals surface area contributed by atoms with E-state index in [0.29, 0.717) is 23.9 Å². The maximum Gasteiger partial charge on any atom is 0.192 e. The first kappa shape index (κ1) is 18.2. The van der Waals surface area contributed by atoms with E-state index in [-0.39, 0.29) is 11.1 Å². The number of benzene rings is 1. The largest absolute Gasteiger partial charge is 0.491 e. The summed E-state index contributed by atoms with van der Waals surface area (Å²) in [5.41, 5.74) is 0. The summed E-state index contributed by atoms with van der Waals surface area (Å²) in [5, 5.41) is 0.00896. The summed E-state index contributed by atoms with van der Waals surface area (Å²) in [4.78, 5) is 3.91. The molecule has 25 heavy (non-hydrogen) atoms. The van der Waals surface area contributed by atoms with Gasteiger partial charge in [-0.3, -0.25) is 0 Å². The Morgan fingerprint density at radius 3 is 2.68 bits per heavy atom. The summed E-state index contributed by atoms with van der Waals surface area (Å²) >= 11 is 3.43. The van der Waals surface area contributed by atoms with Crippen molar-refractivity contribution in [2.45, 2.75) is 24.0 Å². The number of hydrogen-bond donors (Lipinski definition) is 0. The molecule has 3 rings (SSSR count). The molecule has 0 spiro atoms. The van der Waals surface area contributed by atoms with Gasteiger partial charge in [-0.25, -0.2) is 13.4 Å². The zero-order chi connectivity index (χ0) is 17.9. The van der Waals surface area contributed by atoms with Crippen LogP contribution < -0.4 is 9.47 Å². The van der Waals surface area contributed by atoms with Gasteiger partial charge >= 0.3 is 0 Å². The predicted octanol–water partition coefficient (Wildman–Crippen LogP) is 3.60. The zero-order valence-corrected chi connectivity index (χ0v) is 16.0. The zero-order valence-electron chi connectivity index (χ0n) is 13.6. The van der Waals surface area contributed by atoms with Crippen LogP contribution in [0.5, 0.6) is 17.2 Å². The minimum atomic E-state index is -3.33. The number of hydrogen-bond acceptors (Lipinski definition) is 6. The number of aromatic nitrogens is 1. The lowest BCUT2D eigenvalue weighted by atomic mass is 10.2. The Labute approximate surface area is 155 Å². The third-order valence-corrected chi connectivity index (χ3v) is 5.09. The van der Waals surface area contributed by atoms with Crippen molar-refractivity contribution in [3.63, 3.8) is 0 Å². The second-order valence-corrected chi connectivity index (χ2v) is 8.65. The highest BCUT2D eigenvalue weighted by molar-refractivity contribution is 9.10. The van der Waals surface area contributed by atoms with Gasteiger partial charge in [0.2, 0.25) is 0 Å². The number of halogens is 1. The number of pyridine rings is 1. The van der Waals surface area contributed by atoms with Crippen molar-refractivity contribution in [2.75, 3.05) is 19.5 Å². The molecule has 1 fully saturated rings. The fraction of sp³-hybridized carbons (Fsp3) is 0.353. The second kappa shape index (κ2) is 7.72. The Kier molecular flexibility index (Phi) is 5.61. The summed E-state index contributed by atoms with van der Waals surface area (Å²) in [7, 11) is -3.33. The molecule has 8 heteroatoms. The molecule has 0 saturated carbocycles. The molecule has 1 aromatic carbocycles. The number of ether oxygens (including phenoxy) is 3. The van der Waals surface area contributed by atoms with Crippen LogP contribution in [0.4, 0.5) is 0 Å². The van der Waals surface area contributed by atoms with Gasteiger partial charge in [-0.05, 0) is 37.1 Å². The number of rotatable bonds is 6. The summed E-state index contributed by atoms with van der Waals surface area (Å²) < 4.78 is 40.8. The lowest BCUT2D eigenvalue weighted by molar-refractivity contribution is 0.0679. The van der Waals surface area contributed by atoms with Gasteiger partial charge < -0.3 is 14.2 Å². The van der Waals surface area contributed by atoms with Gasteiger partial charge in [0, 0.05) is 23.4 Å². The van der Waals surface area contributed by atoms with Gasteiger partial charge in [0.05, 0.1) is 12.3 Å². The van der Waals surface area contributed by atoms with Crippen molar-refractivity contribution < 1.29 is 22.6 Å². The standard InChI is InChI=1S/C17H18BrNO5S/c1-25(20,21)17-5-4-13(10-19-17)24-16-8-12(18)7-15(9-16)23-11-14-3-2-6-22-14/h4-5,7-10,14H,2-3,6,11H2,1H3. The highest BCUT2D eigenvalue weighted by Gasteiger charge is 2.16. The average molecular weight is 428 g/mol. The van der Waals surface area contributed by atoms with Gasteiger partial charge in [-0.1, -0.05) is 15.9 Å². The van der Waals surface area contributed by atoms with Crippen LogP contribution in [0.3, 0.4) is 0 Å². The van der Waals surface area contributed by atoms with Crippen LogP contribution in [0.15, 0.2) is 46.0 Å². The summed E-state index contributed by atoms with van der Waals surface area (Å²) in [6.07, 6.45) is 4.70. The molecule has 2 heterocycles. The van der Waals surface area contributed by atoms with Crippen molar-refractivity contribution in [1.29, 1.82) is 0 Å². The first-order chi connectivity index (χ1) is 11.9. The van der Waals surface area contributed by atoms with E-state index >= 15 is 0 Å². The van der Waals surface area contributed by atoms with Gasteiger partial charge in [0.25, 0.3) is 0 Å². The quantitative estimate of drug-likeness (QED) is 0.700. The van der Waals surface area contributed by atoms with E-state index in [1.54, 1.807) is 18.2 Å². The van der Waals surface area contributed by atoms with E-state index in [1.807, 2.05) is 6.07 Å². The Morgan fingerprint density at radius 1 is 1.24 bits per heavy atom. The monoisotopic (exact) mass is 427 g/mol. The summed E-state index contributed by atoms with van der Waals surface area (Å²) in [6, 6.07) is 8.40. The van der Waals surface area contributed by atoms with E-state index in [1.165, 1.54) is 12.3 Å². The molecule has 1 unspecified atom stereocenters. The fourth-order valence-corrected chi connectivity index (χ4v) is 3.44. The highest BCUT2D eigenvalue weighted by atomic mass is 79.9. The van der Waals surface area contributed by atoms with E-state index in [2.05, 4.69) is 20.9 Å². The van der Waals surface area contributed by atoms with Crippen molar-refractivity contribution in [2.24, 2.45) is 0 Å². The highest BCUT2D eigenvalue weighted by Crippen LogP contribution is 2.30. The first-order valence-corrected chi connectivity index (χ1v) is 10.5. The molecule has 0 N–H and O–H groups in total. The maximum atomic E-state index is 11.4. The van der Waals surface area contributed by atoms with Crippen molar-refractivity contribution in [3.05, 3.63) is 41.0 Å². The van der Waals surface area contributed by atoms with Crippen molar-refractivity contribution >= 4 is 25.8 Å². The summed E-state index contributed by atoms with van der Waals surface area (Å²) in [6.45, 7) is 1.29. The van der Waals surface area contributed by atoms with Gasteiger partial charge in [-0.15, -0.1) is 0 Å². The molecule has 6 nitrogen and oxygen atoms in total. The minimum absolute atomic E-state index is 0.00896. The first-order valence-electron chi connectivity index (χ1n) is 7.79. The lowest BCUT2D eigenvalue weighted by Crippen LogP contribution is -2.16. The van der Waals surface area contributed by atoms with Gasteiger partial charge in [-0.2, -0.15) is 0 Å². The lowest BCUT2D eigenvalue weighted by Gasteiger charge is -2.13. The van der Waals surface area contributed by atoms with E-state index in [9.17, 15) is 8.42 Å². The molecule has 0 bridgehead atoms. The Balaban J connectivity index is 1.69. The predicted molar refractivity (Wildman–Crippen MR) is 96.0 cm³/mol. The smallest absolute Gasteiger partial charge is 0.192 e. The van der Waals surface area contributed by atoms with Crippen LogP contribution in [-0.2, 0) is 14.6 Å². The van der Waals surface area contributed by atoms with E-state index < -0.39 is 9.84 Å². The molecule has 1 aliphatic heterocycles. The molecule has 1 saturated heterocycles. The van der Waals surface area contributed by atoms with E-state index in [4.69, 9.17) is 14.2 Å². The number of sulfone groups is 1. The molecule has 1 aliphatic rings. The van der Waals surface area contributed by atoms with Crippen molar-refractivity contribution in [3.8, 4) is 17.2 Å². The topological polar surface area (TPSA) is 74.7 Å². The Hall–Kier alpha value is -1.64. The van der Waals surface area contributed by atoms with Crippen LogP contribution in [0.25, 0.3) is 0 Å². The number of nitrogens with zero attached hydrogens (tertiary/aromatic N) is 1. The van der Waals surface area contributed by atoms with Crippen LogP contribution in [-0.4, -0.2) is 39.0 Å². The second-order valence-electron chi connectivity index (χ2n) is 5.78. The third kappa shape index (κ3) is 5.17. The molecular weight excluding hydrogens is 410 g/mol. The van der Waals surface area contributed by atoms with Crippen LogP contribution in [0.1, 0.15) is 12.8 Å². The Morgan fingerprint density at radius 2 is 2.04 bits per heavy atom. The molecule has 134 valence electrons. The molecule has 2 aromatic rings. The van der Waals surface area contributed by atoms with Crippen molar-refractivity contribution in [1.82, 2.24) is 4.98 Å².